The number of ether oxygens (including phenoxy) is 1. The molecule has 0 saturated carbocycles. The van der Waals surface area contributed by atoms with Crippen molar-refractivity contribution < 1.29 is 17.5 Å². The molecule has 0 aliphatic rings. The third-order valence-electron chi connectivity index (χ3n) is 3.52. The molecule has 23 heavy (non-hydrogen) atoms. The molecule has 0 atom stereocenters. The summed E-state index contributed by atoms with van der Waals surface area (Å²) in [5, 5.41) is 0. The van der Waals surface area contributed by atoms with E-state index in [0.29, 0.717) is 11.3 Å². The smallest absolute Gasteiger partial charge is 0.243 e. The molecule has 0 unspecified atom stereocenters. The minimum atomic E-state index is -3.66. The second kappa shape index (κ2) is 7.10. The molecule has 0 aromatic heterocycles. The van der Waals surface area contributed by atoms with Gasteiger partial charge in [0.2, 0.25) is 10.0 Å². The first-order valence-corrected chi connectivity index (χ1v) is 8.66. The molecule has 2 aromatic rings. The summed E-state index contributed by atoms with van der Waals surface area (Å²) in [6.45, 7) is 3.99. The van der Waals surface area contributed by atoms with Gasteiger partial charge in [-0.1, -0.05) is 17.7 Å². The van der Waals surface area contributed by atoms with Crippen molar-refractivity contribution in [2.45, 2.75) is 18.7 Å². The summed E-state index contributed by atoms with van der Waals surface area (Å²) in [5.74, 6) is 0.242. The first-order chi connectivity index (χ1) is 10.8. The average molecular weight is 337 g/mol. The molecule has 124 valence electrons. The Bertz CT molecular complexity index is 773. The van der Waals surface area contributed by atoms with E-state index >= 15 is 0 Å². The molecule has 2 rings (SSSR count). The number of nitrogens with zero attached hydrogens (tertiary/aromatic N) is 1. The quantitative estimate of drug-likeness (QED) is 0.813. The Hall–Kier alpha value is -1.92. The topological polar surface area (TPSA) is 46.6 Å². The van der Waals surface area contributed by atoms with Crippen LogP contribution in [-0.2, 0) is 10.0 Å². The minimum absolute atomic E-state index is 0.108. The molecule has 0 bridgehead atoms. The lowest BCUT2D eigenvalue weighted by atomic mass is 10.2. The van der Waals surface area contributed by atoms with Crippen LogP contribution < -0.4 is 4.74 Å². The van der Waals surface area contributed by atoms with Gasteiger partial charge in [-0.05, 0) is 49.7 Å². The molecule has 6 heteroatoms. The number of aryl methyl sites for hydroxylation is 2. The number of benzene rings is 2. The third-order valence-corrected chi connectivity index (χ3v) is 5.54. The third kappa shape index (κ3) is 4.30. The van der Waals surface area contributed by atoms with E-state index < -0.39 is 15.8 Å². The lowest BCUT2D eigenvalue weighted by Crippen LogP contribution is -2.31. The van der Waals surface area contributed by atoms with Crippen molar-refractivity contribution in [3.05, 3.63) is 59.4 Å². The van der Waals surface area contributed by atoms with Crippen LogP contribution >= 0.6 is 0 Å². The number of hydrogen-bond acceptors (Lipinski definition) is 3. The molecule has 0 N–H and O–H groups in total. The Morgan fingerprint density at radius 2 is 1.74 bits per heavy atom. The molecule has 0 saturated heterocycles. The maximum Gasteiger partial charge on any atom is 0.243 e. The highest BCUT2D eigenvalue weighted by Gasteiger charge is 2.22. The van der Waals surface area contributed by atoms with E-state index in [1.807, 2.05) is 31.2 Å². The van der Waals surface area contributed by atoms with Gasteiger partial charge in [0.05, 0.1) is 4.90 Å². The van der Waals surface area contributed by atoms with Gasteiger partial charge in [-0.15, -0.1) is 0 Å². The van der Waals surface area contributed by atoms with Crippen molar-refractivity contribution in [2.75, 3.05) is 20.2 Å². The Morgan fingerprint density at radius 3 is 2.35 bits per heavy atom. The second-order valence-electron chi connectivity index (χ2n) is 5.40. The highest BCUT2D eigenvalue weighted by atomic mass is 32.2. The first kappa shape index (κ1) is 17.4. The van der Waals surface area contributed by atoms with Gasteiger partial charge < -0.3 is 4.74 Å². The van der Waals surface area contributed by atoms with Crippen molar-refractivity contribution in [1.82, 2.24) is 4.31 Å². The Kier molecular flexibility index (Phi) is 5.38. The van der Waals surface area contributed by atoms with Crippen LogP contribution in [0.25, 0.3) is 0 Å². The molecule has 0 fully saturated rings. The molecular formula is C17H20FNO3S. The molecule has 0 aliphatic heterocycles. The summed E-state index contributed by atoms with van der Waals surface area (Å²) in [6, 6.07) is 11.2. The minimum Gasteiger partial charge on any atom is -0.492 e. The highest BCUT2D eigenvalue weighted by Crippen LogP contribution is 2.20. The van der Waals surface area contributed by atoms with Gasteiger partial charge in [-0.25, -0.2) is 12.8 Å². The van der Waals surface area contributed by atoms with Gasteiger partial charge in [-0.2, -0.15) is 4.31 Å². The van der Waals surface area contributed by atoms with E-state index in [-0.39, 0.29) is 18.0 Å². The first-order valence-electron chi connectivity index (χ1n) is 7.22. The van der Waals surface area contributed by atoms with Gasteiger partial charge in [0.1, 0.15) is 18.2 Å². The molecule has 0 radical (unpaired) electrons. The highest BCUT2D eigenvalue weighted by molar-refractivity contribution is 7.89. The summed E-state index contributed by atoms with van der Waals surface area (Å²) in [6.07, 6.45) is 0. The Balaban J connectivity index is 2.01. The van der Waals surface area contributed by atoms with Gasteiger partial charge in [-0.3, -0.25) is 0 Å². The average Bonchev–Trinajstić information content (AvgIpc) is 2.48. The fourth-order valence-electron chi connectivity index (χ4n) is 2.12. The molecule has 2 aromatic carbocycles. The van der Waals surface area contributed by atoms with E-state index in [2.05, 4.69) is 0 Å². The zero-order valence-electron chi connectivity index (χ0n) is 13.4. The van der Waals surface area contributed by atoms with Gasteiger partial charge in [0.15, 0.2) is 0 Å². The zero-order valence-corrected chi connectivity index (χ0v) is 14.2. The van der Waals surface area contributed by atoms with Crippen molar-refractivity contribution in [1.29, 1.82) is 0 Å². The van der Waals surface area contributed by atoms with Gasteiger partial charge >= 0.3 is 0 Å². The van der Waals surface area contributed by atoms with E-state index in [1.54, 1.807) is 6.92 Å². The van der Waals surface area contributed by atoms with Crippen LogP contribution in [0, 0.1) is 19.7 Å². The van der Waals surface area contributed by atoms with Crippen LogP contribution in [0.1, 0.15) is 11.1 Å². The van der Waals surface area contributed by atoms with Crippen LogP contribution in [0.15, 0.2) is 47.4 Å². The number of sulfonamides is 1. The van der Waals surface area contributed by atoms with Crippen molar-refractivity contribution in [2.24, 2.45) is 0 Å². The summed E-state index contributed by atoms with van der Waals surface area (Å²) in [7, 11) is -2.18. The maximum absolute atomic E-state index is 13.1. The van der Waals surface area contributed by atoms with E-state index in [0.717, 1.165) is 11.6 Å². The van der Waals surface area contributed by atoms with E-state index in [1.165, 1.54) is 23.5 Å². The number of halogens is 1. The monoisotopic (exact) mass is 337 g/mol. The van der Waals surface area contributed by atoms with Crippen molar-refractivity contribution in [3.63, 3.8) is 0 Å². The van der Waals surface area contributed by atoms with Crippen LogP contribution in [0.4, 0.5) is 4.39 Å². The van der Waals surface area contributed by atoms with Crippen molar-refractivity contribution >= 4 is 10.0 Å². The fraction of sp³-hybridized carbons (Fsp3) is 0.294. The summed E-state index contributed by atoms with van der Waals surface area (Å²) in [4.78, 5) is 0.108. The molecule has 4 nitrogen and oxygen atoms in total. The standard InChI is InChI=1S/C17H20FNO3S/c1-13-4-7-16(8-5-13)22-11-10-19(3)23(20,21)17-9-6-15(18)12-14(17)2/h4-9,12H,10-11H2,1-3H3. The molecular weight excluding hydrogens is 317 g/mol. The predicted octanol–water partition coefficient (Wildman–Crippen LogP) is 3.14. The molecule has 0 spiro atoms. The summed E-state index contributed by atoms with van der Waals surface area (Å²) in [5.41, 5.74) is 1.51. The normalized spacial score (nSPS) is 11.7. The largest absolute Gasteiger partial charge is 0.492 e. The van der Waals surface area contributed by atoms with Gasteiger partial charge in [0.25, 0.3) is 0 Å². The zero-order chi connectivity index (χ0) is 17.0. The lowest BCUT2D eigenvalue weighted by Gasteiger charge is -2.18. The van der Waals surface area contributed by atoms with Crippen LogP contribution in [0.2, 0.25) is 0 Å². The Morgan fingerprint density at radius 1 is 1.09 bits per heavy atom. The van der Waals surface area contributed by atoms with Crippen LogP contribution in [0.3, 0.4) is 0 Å². The fourth-order valence-corrected chi connectivity index (χ4v) is 3.47. The predicted molar refractivity (Wildman–Crippen MR) is 87.6 cm³/mol. The summed E-state index contributed by atoms with van der Waals surface area (Å²) >= 11 is 0. The van der Waals surface area contributed by atoms with E-state index in [9.17, 15) is 12.8 Å². The van der Waals surface area contributed by atoms with E-state index in [4.69, 9.17) is 4.74 Å². The number of rotatable bonds is 6. The van der Waals surface area contributed by atoms with Gasteiger partial charge in [0, 0.05) is 13.6 Å². The number of hydrogen-bond donors (Lipinski definition) is 0. The molecule has 0 heterocycles. The second-order valence-corrected chi connectivity index (χ2v) is 7.41. The van der Waals surface area contributed by atoms with Crippen molar-refractivity contribution in [3.8, 4) is 5.75 Å². The maximum atomic E-state index is 13.1. The van der Waals surface area contributed by atoms with Crippen LogP contribution in [-0.4, -0.2) is 32.9 Å². The van der Waals surface area contributed by atoms with Crippen LogP contribution in [0.5, 0.6) is 5.75 Å². The Labute approximate surface area is 136 Å². The summed E-state index contributed by atoms with van der Waals surface area (Å²) < 4.78 is 44.9. The SMILES string of the molecule is Cc1ccc(OCCN(C)S(=O)(=O)c2ccc(F)cc2C)cc1. The molecule has 0 amide bonds. The number of likely N-dealkylation sites (N-methyl/N-ethyl adjacent to an activating group) is 1. The lowest BCUT2D eigenvalue weighted by molar-refractivity contribution is 0.287. The molecule has 0 aliphatic carbocycles.